The van der Waals surface area contributed by atoms with E-state index < -0.39 is 23.7 Å². The average molecular weight is 488 g/mol. The summed E-state index contributed by atoms with van der Waals surface area (Å²) in [5.74, 6) is -1.66. The Morgan fingerprint density at radius 3 is 2.50 bits per heavy atom. The second-order valence-electron chi connectivity index (χ2n) is 8.36. The van der Waals surface area contributed by atoms with E-state index in [2.05, 4.69) is 20.2 Å². The van der Waals surface area contributed by atoms with Crippen molar-refractivity contribution in [3.8, 4) is 5.88 Å². The highest BCUT2D eigenvalue weighted by molar-refractivity contribution is 7.11. The van der Waals surface area contributed by atoms with Crippen LogP contribution in [0.1, 0.15) is 50.8 Å². The van der Waals surface area contributed by atoms with E-state index in [1.165, 1.54) is 17.4 Å². The van der Waals surface area contributed by atoms with Crippen LogP contribution in [-0.2, 0) is 12.0 Å². The number of aromatic nitrogens is 5. The standard InChI is InChI=1S/C23H23F2N5O3S/c1-12-9-30-19(18(32)8-23(4,11-31)22-29-28-14(3)34-22)13(2)27-20(30)21(26-12)33-10-15-16(24)6-5-7-17(15)25/h5-7,9,31H,8,10-11H2,1-4H3/t23-/m0/s1. The maximum Gasteiger partial charge on any atom is 0.258 e. The number of rotatable bonds is 8. The van der Waals surface area contributed by atoms with Gasteiger partial charge in [0.15, 0.2) is 5.78 Å². The Morgan fingerprint density at radius 2 is 1.88 bits per heavy atom. The van der Waals surface area contributed by atoms with Crippen molar-refractivity contribution >= 4 is 22.8 Å². The molecule has 0 aliphatic rings. The average Bonchev–Trinajstić information content (AvgIpc) is 3.36. The summed E-state index contributed by atoms with van der Waals surface area (Å²) < 4.78 is 35.2. The zero-order valence-electron chi connectivity index (χ0n) is 19.1. The number of halogens is 2. The summed E-state index contributed by atoms with van der Waals surface area (Å²) in [5.41, 5.74) is 0.378. The summed E-state index contributed by atoms with van der Waals surface area (Å²) in [6, 6.07) is 3.57. The molecule has 4 rings (SSSR count). The van der Waals surface area contributed by atoms with Gasteiger partial charge < -0.3 is 9.84 Å². The Hall–Kier alpha value is -3.31. The van der Waals surface area contributed by atoms with Gasteiger partial charge in [0.1, 0.15) is 34.0 Å². The van der Waals surface area contributed by atoms with Crippen LogP contribution in [0.3, 0.4) is 0 Å². The predicted molar refractivity (Wildman–Crippen MR) is 121 cm³/mol. The number of hydrogen-bond acceptors (Lipinski definition) is 8. The van der Waals surface area contributed by atoms with Crippen LogP contribution in [0.25, 0.3) is 5.65 Å². The van der Waals surface area contributed by atoms with Crippen LogP contribution in [0, 0.1) is 32.4 Å². The first-order valence-corrected chi connectivity index (χ1v) is 11.3. The lowest BCUT2D eigenvalue weighted by atomic mass is 9.85. The number of hydrogen-bond donors (Lipinski definition) is 1. The molecule has 0 fully saturated rings. The van der Waals surface area contributed by atoms with E-state index in [1.54, 1.807) is 38.3 Å². The maximum atomic E-state index is 14.0. The first-order valence-electron chi connectivity index (χ1n) is 10.5. The number of imidazole rings is 1. The number of carbonyl (C=O) groups is 1. The summed E-state index contributed by atoms with van der Waals surface area (Å²) in [6.45, 7) is 6.28. The van der Waals surface area contributed by atoms with Gasteiger partial charge in [-0.3, -0.25) is 9.20 Å². The number of benzene rings is 1. The molecular weight excluding hydrogens is 464 g/mol. The molecule has 11 heteroatoms. The van der Waals surface area contributed by atoms with Crippen LogP contribution in [0.4, 0.5) is 8.78 Å². The molecule has 8 nitrogen and oxygen atoms in total. The van der Waals surface area contributed by atoms with E-state index in [0.717, 1.165) is 17.1 Å². The molecule has 34 heavy (non-hydrogen) atoms. The first-order chi connectivity index (χ1) is 16.1. The van der Waals surface area contributed by atoms with E-state index in [-0.39, 0.29) is 35.9 Å². The smallest absolute Gasteiger partial charge is 0.258 e. The Balaban J connectivity index is 1.69. The number of nitrogens with zero attached hydrogens (tertiary/aromatic N) is 5. The van der Waals surface area contributed by atoms with Gasteiger partial charge in [-0.05, 0) is 32.9 Å². The lowest BCUT2D eigenvalue weighted by molar-refractivity contribution is 0.0912. The van der Waals surface area contributed by atoms with Gasteiger partial charge in [-0.25, -0.2) is 18.7 Å². The molecule has 0 amide bonds. The Morgan fingerprint density at radius 1 is 1.18 bits per heavy atom. The van der Waals surface area contributed by atoms with Crippen LogP contribution in [0.2, 0.25) is 0 Å². The first kappa shape index (κ1) is 23.8. The van der Waals surface area contributed by atoms with Gasteiger partial charge in [-0.1, -0.05) is 13.0 Å². The zero-order valence-corrected chi connectivity index (χ0v) is 19.9. The van der Waals surface area contributed by atoms with Crippen molar-refractivity contribution in [2.45, 2.75) is 46.1 Å². The van der Waals surface area contributed by atoms with Gasteiger partial charge in [0.25, 0.3) is 5.88 Å². The van der Waals surface area contributed by atoms with Crippen molar-refractivity contribution in [2.24, 2.45) is 0 Å². The fourth-order valence-electron chi connectivity index (χ4n) is 3.67. The van der Waals surface area contributed by atoms with E-state index in [4.69, 9.17) is 4.74 Å². The minimum Gasteiger partial charge on any atom is -0.470 e. The molecular formula is C23H23F2N5O3S. The molecule has 0 bridgehead atoms. The van der Waals surface area contributed by atoms with Gasteiger partial charge in [0.2, 0.25) is 5.65 Å². The predicted octanol–water partition coefficient (Wildman–Crippen LogP) is 3.89. The highest BCUT2D eigenvalue weighted by Gasteiger charge is 2.35. The second kappa shape index (κ2) is 9.15. The molecule has 0 radical (unpaired) electrons. The molecule has 4 aromatic rings. The van der Waals surface area contributed by atoms with Gasteiger partial charge in [0, 0.05) is 12.6 Å². The van der Waals surface area contributed by atoms with Crippen molar-refractivity contribution < 1.29 is 23.4 Å². The van der Waals surface area contributed by atoms with E-state index >= 15 is 0 Å². The van der Waals surface area contributed by atoms with Crippen molar-refractivity contribution in [3.63, 3.8) is 0 Å². The number of fused-ring (bicyclic) bond motifs is 1. The second-order valence-corrected chi connectivity index (χ2v) is 9.54. The van der Waals surface area contributed by atoms with Crippen LogP contribution in [0.5, 0.6) is 5.88 Å². The third kappa shape index (κ3) is 4.40. The SMILES string of the molecule is Cc1cn2c(C(=O)C[C@@](C)(CO)c3nnc(C)s3)c(C)nc2c(OCc2c(F)cccc2F)n1. The van der Waals surface area contributed by atoms with E-state index in [1.807, 2.05) is 0 Å². The Bertz CT molecular complexity index is 1370. The summed E-state index contributed by atoms with van der Waals surface area (Å²) in [7, 11) is 0. The lowest BCUT2D eigenvalue weighted by Gasteiger charge is -2.23. The maximum absolute atomic E-state index is 14.0. The fraction of sp³-hybridized carbons (Fsp3) is 0.348. The van der Waals surface area contributed by atoms with Gasteiger partial charge >= 0.3 is 0 Å². The van der Waals surface area contributed by atoms with Gasteiger partial charge in [-0.2, -0.15) is 0 Å². The summed E-state index contributed by atoms with van der Waals surface area (Å²) >= 11 is 1.33. The molecule has 1 aromatic carbocycles. The number of carbonyl (C=O) groups excluding carboxylic acids is 1. The normalized spacial score (nSPS) is 13.3. The van der Waals surface area contributed by atoms with Crippen molar-refractivity contribution in [2.75, 3.05) is 6.61 Å². The molecule has 3 aromatic heterocycles. The molecule has 1 atom stereocenters. The molecule has 1 N–H and O–H groups in total. The number of aryl methyl sites for hydroxylation is 3. The molecule has 178 valence electrons. The van der Waals surface area contributed by atoms with Gasteiger partial charge in [-0.15, -0.1) is 21.5 Å². The lowest BCUT2D eigenvalue weighted by Crippen LogP contribution is -2.30. The molecule has 0 saturated heterocycles. The topological polar surface area (TPSA) is 103 Å². The number of aliphatic hydroxyl groups excluding tert-OH is 1. The molecule has 0 spiro atoms. The fourth-order valence-corrected chi connectivity index (χ4v) is 4.50. The Kier molecular flexibility index (Phi) is 6.41. The van der Waals surface area contributed by atoms with E-state index in [0.29, 0.717) is 22.1 Å². The number of Topliss-reactive ketones (excluding diaryl/α,β-unsaturated/α-hetero) is 1. The van der Waals surface area contributed by atoms with Crippen LogP contribution in [0.15, 0.2) is 24.4 Å². The highest BCUT2D eigenvalue weighted by atomic mass is 32.1. The van der Waals surface area contributed by atoms with Crippen LogP contribution in [-0.4, -0.2) is 42.1 Å². The summed E-state index contributed by atoms with van der Waals surface area (Å²) in [5, 5.41) is 19.5. The molecule has 3 heterocycles. The van der Waals surface area contributed by atoms with Crippen LogP contribution < -0.4 is 4.74 Å². The molecule has 0 aliphatic heterocycles. The van der Waals surface area contributed by atoms with Crippen molar-refractivity contribution in [3.05, 3.63) is 68.7 Å². The minimum absolute atomic E-state index is 0.0231. The highest BCUT2D eigenvalue weighted by Crippen LogP contribution is 2.32. The molecule has 0 aliphatic carbocycles. The van der Waals surface area contributed by atoms with E-state index in [9.17, 15) is 18.7 Å². The number of ketones is 1. The summed E-state index contributed by atoms with van der Waals surface area (Å²) in [4.78, 5) is 22.2. The van der Waals surface area contributed by atoms with Crippen LogP contribution >= 0.6 is 11.3 Å². The van der Waals surface area contributed by atoms with Crippen molar-refractivity contribution in [1.29, 1.82) is 0 Å². The number of aliphatic hydroxyl groups is 1. The quantitative estimate of drug-likeness (QED) is 0.376. The number of ether oxygens (including phenoxy) is 1. The third-order valence-corrected chi connectivity index (χ3v) is 6.64. The zero-order chi connectivity index (χ0) is 24.6. The minimum atomic E-state index is -0.913. The third-order valence-electron chi connectivity index (χ3n) is 5.49. The van der Waals surface area contributed by atoms with Crippen molar-refractivity contribution in [1.82, 2.24) is 24.6 Å². The molecule has 0 unspecified atom stereocenters. The Labute approximate surface area is 198 Å². The molecule has 0 saturated carbocycles. The summed E-state index contributed by atoms with van der Waals surface area (Å²) in [6.07, 6.45) is 1.62. The largest absolute Gasteiger partial charge is 0.470 e. The van der Waals surface area contributed by atoms with Gasteiger partial charge in [0.05, 0.1) is 29.0 Å². The monoisotopic (exact) mass is 487 g/mol.